The largest absolute Gasteiger partial charge is 0.465 e. The van der Waals surface area contributed by atoms with Crippen molar-refractivity contribution in [1.82, 2.24) is 0 Å². The Hall–Kier alpha value is -1.84. The third-order valence-corrected chi connectivity index (χ3v) is 2.35. The maximum Gasteiger partial charge on any atom is 0.310 e. The van der Waals surface area contributed by atoms with Crippen LogP contribution in [0.25, 0.3) is 0 Å². The first-order valence-corrected chi connectivity index (χ1v) is 5.72. The second-order valence-corrected chi connectivity index (χ2v) is 3.86. The number of unbranched alkanes of at least 4 members (excludes halogenated alkanes) is 1. The summed E-state index contributed by atoms with van der Waals surface area (Å²) in [5.41, 5.74) is 6.83. The number of carbonyl (C=O) groups is 1. The number of ether oxygens (including phenoxy) is 1. The minimum absolute atomic E-state index is 0.00574. The van der Waals surface area contributed by atoms with Crippen LogP contribution in [0.3, 0.4) is 0 Å². The van der Waals surface area contributed by atoms with Gasteiger partial charge in [0.1, 0.15) is 5.84 Å². The average Bonchev–Trinajstić information content (AvgIpc) is 2.29. The first kappa shape index (κ1) is 13.2. The van der Waals surface area contributed by atoms with Gasteiger partial charge in [0.25, 0.3) is 0 Å². The summed E-state index contributed by atoms with van der Waals surface area (Å²) in [6, 6.07) is 7.09. The van der Waals surface area contributed by atoms with Gasteiger partial charge in [-0.05, 0) is 18.1 Å². The molecule has 4 heteroatoms. The van der Waals surface area contributed by atoms with Crippen LogP contribution in [0.4, 0.5) is 0 Å². The van der Waals surface area contributed by atoms with Crippen molar-refractivity contribution in [3.8, 4) is 0 Å². The molecule has 0 heterocycles. The normalized spacial score (nSPS) is 9.94. The molecule has 1 aromatic rings. The highest BCUT2D eigenvalue weighted by Gasteiger charge is 2.05. The number of esters is 1. The molecular formula is C13H18N2O2. The highest BCUT2D eigenvalue weighted by Crippen LogP contribution is 2.06. The van der Waals surface area contributed by atoms with Crippen molar-refractivity contribution in [2.75, 3.05) is 6.61 Å². The van der Waals surface area contributed by atoms with E-state index < -0.39 is 0 Å². The molecule has 0 aliphatic heterocycles. The average molecular weight is 234 g/mol. The van der Waals surface area contributed by atoms with Gasteiger partial charge in [-0.2, -0.15) is 0 Å². The summed E-state index contributed by atoms with van der Waals surface area (Å²) in [5, 5.41) is 7.31. The molecule has 4 nitrogen and oxygen atoms in total. The fourth-order valence-electron chi connectivity index (χ4n) is 1.40. The standard InChI is InChI=1S/C13H18N2O2/c1-2-3-7-17-12(16)9-10-5-4-6-11(8-10)13(14)15/h4-6,8H,2-3,7,9H2,1H3,(H3,14,15). The molecule has 1 rings (SSSR count). The predicted octanol–water partition coefficient (Wildman–Crippen LogP) is 1.86. The van der Waals surface area contributed by atoms with E-state index in [0.717, 1.165) is 18.4 Å². The molecule has 0 bridgehead atoms. The lowest BCUT2D eigenvalue weighted by atomic mass is 10.1. The van der Waals surface area contributed by atoms with E-state index in [9.17, 15) is 4.79 Å². The number of nitrogens with two attached hydrogens (primary N) is 1. The van der Waals surface area contributed by atoms with Crippen LogP contribution in [0.15, 0.2) is 24.3 Å². The zero-order valence-corrected chi connectivity index (χ0v) is 10.0. The van der Waals surface area contributed by atoms with Crippen molar-refractivity contribution in [1.29, 1.82) is 5.41 Å². The van der Waals surface area contributed by atoms with Gasteiger partial charge in [-0.3, -0.25) is 10.2 Å². The Morgan fingerprint density at radius 2 is 2.24 bits per heavy atom. The highest BCUT2D eigenvalue weighted by molar-refractivity contribution is 5.95. The molecular weight excluding hydrogens is 216 g/mol. The van der Waals surface area contributed by atoms with Crippen molar-refractivity contribution in [2.24, 2.45) is 5.73 Å². The zero-order chi connectivity index (χ0) is 12.7. The Morgan fingerprint density at radius 3 is 2.88 bits per heavy atom. The lowest BCUT2D eigenvalue weighted by Gasteiger charge is -2.05. The van der Waals surface area contributed by atoms with E-state index in [0.29, 0.717) is 12.2 Å². The van der Waals surface area contributed by atoms with Crippen LogP contribution in [0.1, 0.15) is 30.9 Å². The SMILES string of the molecule is CCCCOC(=O)Cc1cccc(C(=N)N)c1. The second kappa shape index (κ2) is 6.68. The van der Waals surface area contributed by atoms with E-state index in [1.807, 2.05) is 13.0 Å². The summed E-state index contributed by atoms with van der Waals surface area (Å²) < 4.78 is 5.06. The van der Waals surface area contributed by atoms with E-state index in [1.54, 1.807) is 18.2 Å². The molecule has 0 atom stereocenters. The molecule has 1 aromatic carbocycles. The number of carbonyl (C=O) groups excluding carboxylic acids is 1. The number of nitrogens with one attached hydrogen (secondary N) is 1. The van der Waals surface area contributed by atoms with Gasteiger partial charge in [0.05, 0.1) is 13.0 Å². The van der Waals surface area contributed by atoms with E-state index in [-0.39, 0.29) is 18.2 Å². The van der Waals surface area contributed by atoms with E-state index in [1.165, 1.54) is 0 Å². The maximum absolute atomic E-state index is 11.5. The fourth-order valence-corrected chi connectivity index (χ4v) is 1.40. The van der Waals surface area contributed by atoms with Crippen molar-refractivity contribution in [3.63, 3.8) is 0 Å². The fraction of sp³-hybridized carbons (Fsp3) is 0.385. The van der Waals surface area contributed by atoms with Crippen molar-refractivity contribution >= 4 is 11.8 Å². The zero-order valence-electron chi connectivity index (χ0n) is 10.0. The molecule has 0 radical (unpaired) electrons. The molecule has 0 saturated heterocycles. The third kappa shape index (κ3) is 4.68. The van der Waals surface area contributed by atoms with Crippen LogP contribution in [-0.2, 0) is 16.0 Å². The molecule has 0 unspecified atom stereocenters. The monoisotopic (exact) mass is 234 g/mol. The predicted molar refractivity (Wildman–Crippen MR) is 67.0 cm³/mol. The van der Waals surface area contributed by atoms with Gasteiger partial charge < -0.3 is 10.5 Å². The maximum atomic E-state index is 11.5. The molecule has 92 valence electrons. The van der Waals surface area contributed by atoms with Crippen LogP contribution >= 0.6 is 0 Å². The number of rotatable bonds is 6. The molecule has 0 spiro atoms. The molecule has 0 amide bonds. The molecule has 0 aliphatic rings. The summed E-state index contributed by atoms with van der Waals surface area (Å²) in [6.45, 7) is 2.52. The van der Waals surface area contributed by atoms with Gasteiger partial charge >= 0.3 is 5.97 Å². The third-order valence-electron chi connectivity index (χ3n) is 2.35. The summed E-state index contributed by atoms with van der Waals surface area (Å²) in [5.74, 6) is -0.231. The Morgan fingerprint density at radius 1 is 1.47 bits per heavy atom. The number of hydrogen-bond donors (Lipinski definition) is 2. The number of benzene rings is 1. The lowest BCUT2D eigenvalue weighted by Crippen LogP contribution is -2.13. The van der Waals surface area contributed by atoms with Crippen molar-refractivity contribution < 1.29 is 9.53 Å². The van der Waals surface area contributed by atoms with Crippen molar-refractivity contribution in [2.45, 2.75) is 26.2 Å². The first-order valence-electron chi connectivity index (χ1n) is 5.72. The topological polar surface area (TPSA) is 76.2 Å². The van der Waals surface area contributed by atoms with Gasteiger partial charge in [-0.25, -0.2) is 0 Å². The van der Waals surface area contributed by atoms with Crippen LogP contribution in [0.5, 0.6) is 0 Å². The van der Waals surface area contributed by atoms with E-state index >= 15 is 0 Å². The summed E-state index contributed by atoms with van der Waals surface area (Å²) in [4.78, 5) is 11.5. The Kier molecular flexibility index (Phi) is 5.20. The van der Waals surface area contributed by atoms with Gasteiger partial charge in [0.15, 0.2) is 0 Å². The number of amidine groups is 1. The van der Waals surface area contributed by atoms with Crippen LogP contribution in [0, 0.1) is 5.41 Å². The van der Waals surface area contributed by atoms with E-state index in [2.05, 4.69) is 0 Å². The lowest BCUT2D eigenvalue weighted by molar-refractivity contribution is -0.142. The second-order valence-electron chi connectivity index (χ2n) is 3.86. The van der Waals surface area contributed by atoms with Gasteiger partial charge in [0, 0.05) is 5.56 Å². The van der Waals surface area contributed by atoms with Crippen LogP contribution < -0.4 is 5.73 Å². The summed E-state index contributed by atoms with van der Waals surface area (Å²) >= 11 is 0. The molecule has 0 saturated carbocycles. The minimum atomic E-state index is -0.237. The minimum Gasteiger partial charge on any atom is -0.465 e. The van der Waals surface area contributed by atoms with Gasteiger partial charge in [-0.15, -0.1) is 0 Å². The number of hydrogen-bond acceptors (Lipinski definition) is 3. The molecule has 0 fully saturated rings. The molecule has 0 aromatic heterocycles. The molecule has 17 heavy (non-hydrogen) atoms. The Bertz CT molecular complexity index is 402. The summed E-state index contributed by atoms with van der Waals surface area (Å²) in [7, 11) is 0. The van der Waals surface area contributed by atoms with Crippen LogP contribution in [0.2, 0.25) is 0 Å². The number of nitrogen functional groups attached to an aromatic ring is 1. The van der Waals surface area contributed by atoms with Crippen molar-refractivity contribution in [3.05, 3.63) is 35.4 Å². The Labute approximate surface area is 101 Å². The van der Waals surface area contributed by atoms with Gasteiger partial charge in [0.2, 0.25) is 0 Å². The molecule has 0 aliphatic carbocycles. The quantitative estimate of drug-likeness (QED) is 0.341. The Balaban J connectivity index is 2.53. The van der Waals surface area contributed by atoms with E-state index in [4.69, 9.17) is 15.9 Å². The summed E-state index contributed by atoms with van der Waals surface area (Å²) in [6.07, 6.45) is 2.12. The van der Waals surface area contributed by atoms with Gasteiger partial charge in [-0.1, -0.05) is 31.5 Å². The highest BCUT2D eigenvalue weighted by atomic mass is 16.5. The van der Waals surface area contributed by atoms with Crippen LogP contribution in [-0.4, -0.2) is 18.4 Å². The smallest absolute Gasteiger partial charge is 0.310 e. The molecule has 3 N–H and O–H groups in total. The first-order chi connectivity index (χ1) is 8.13.